The predicted octanol–water partition coefficient (Wildman–Crippen LogP) is 5.11. The van der Waals surface area contributed by atoms with Gasteiger partial charge in [0.15, 0.2) is 0 Å². The van der Waals surface area contributed by atoms with Gasteiger partial charge in [-0.25, -0.2) is 0 Å². The van der Waals surface area contributed by atoms with Crippen molar-refractivity contribution in [2.75, 3.05) is 0 Å². The van der Waals surface area contributed by atoms with Crippen LogP contribution in [0.25, 0.3) is 27.5 Å². The fourth-order valence-corrected chi connectivity index (χ4v) is 19.5. The van der Waals surface area contributed by atoms with E-state index in [0.717, 1.165) is 12.4 Å². The minimum atomic E-state index is -2.49. The number of benzene rings is 6. The molecule has 4 fully saturated rings. The molecule has 0 spiro atoms. The van der Waals surface area contributed by atoms with Gasteiger partial charge in [-0.3, -0.25) is 0 Å². The number of hydrogen-bond acceptors (Lipinski definition) is 1. The van der Waals surface area contributed by atoms with Crippen molar-refractivity contribution in [3.05, 3.63) is 162 Å². The monoisotopic (exact) mass is 634 g/mol. The second kappa shape index (κ2) is 8.27. The summed E-state index contributed by atoms with van der Waals surface area (Å²) in [7, 11) is 2.34. The molecule has 0 saturated carbocycles. The van der Waals surface area contributed by atoms with Gasteiger partial charge in [0.25, 0.3) is 0 Å². The fraction of sp³-hybridized carbons (Fsp3) is 0.0270. The van der Waals surface area contributed by atoms with Crippen molar-refractivity contribution in [2.24, 2.45) is 4.52 Å². The molecule has 48 heavy (non-hydrogen) atoms. The van der Waals surface area contributed by atoms with Gasteiger partial charge in [0.1, 0.15) is 0 Å². The summed E-state index contributed by atoms with van der Waals surface area (Å²) < 4.78 is 8.59. The van der Waals surface area contributed by atoms with E-state index >= 15 is 0 Å². The predicted molar refractivity (Wildman–Crippen MR) is 214 cm³/mol. The average molecular weight is 633 g/mol. The molecule has 7 aromatic rings. The molecule has 0 amide bonds. The Balaban J connectivity index is 1.23. The van der Waals surface area contributed by atoms with E-state index < -0.39 is 11.8 Å². The van der Waals surface area contributed by atoms with Crippen LogP contribution >= 0.6 is 13.9 Å². The van der Waals surface area contributed by atoms with Crippen LogP contribution in [0.1, 0.15) is 22.3 Å². The molecule has 6 aromatic carbocycles. The quantitative estimate of drug-likeness (QED) is 0.190. The first-order valence-corrected chi connectivity index (χ1v) is 21.1. The maximum absolute atomic E-state index is 5.95. The molecule has 0 bridgehead atoms. The molecule has 5 radical (unpaired) electrons. The van der Waals surface area contributed by atoms with Gasteiger partial charge >= 0.3 is 286 Å². The molecule has 13 rings (SSSR count). The van der Waals surface area contributed by atoms with Crippen LogP contribution in [0, 0.1) is 0 Å². The van der Waals surface area contributed by atoms with Crippen molar-refractivity contribution in [2.45, 2.75) is 5.41 Å². The molecule has 2 nitrogen and oxygen atoms in total. The number of rotatable bonds is 4. The van der Waals surface area contributed by atoms with Gasteiger partial charge in [-0.05, 0) is 0 Å². The van der Waals surface area contributed by atoms with Crippen molar-refractivity contribution >= 4 is 104 Å². The van der Waals surface area contributed by atoms with Crippen LogP contribution in [0.15, 0.2) is 144 Å². The van der Waals surface area contributed by atoms with Crippen molar-refractivity contribution in [3.63, 3.8) is 0 Å². The van der Waals surface area contributed by atoms with Crippen LogP contribution in [-0.2, 0) is 5.41 Å². The Labute approximate surface area is 284 Å². The Morgan fingerprint density at radius 2 is 1.33 bits per heavy atom. The molecule has 0 N–H and O–H groups in total. The number of hydrogen-bond donors (Lipinski definition) is 0. The summed E-state index contributed by atoms with van der Waals surface area (Å²) in [5.41, 5.74) is 13.4. The van der Waals surface area contributed by atoms with Gasteiger partial charge < -0.3 is 0 Å². The molecule has 11 heteroatoms. The zero-order chi connectivity index (χ0) is 31.0. The zero-order valence-electron chi connectivity index (χ0n) is 26.1. The van der Waals surface area contributed by atoms with Crippen LogP contribution in [0.4, 0.5) is 0 Å². The Kier molecular flexibility index (Phi) is 4.49. The zero-order valence-corrected chi connectivity index (χ0v) is 27.9. The third-order valence-corrected chi connectivity index (χ3v) is 21.1. The second-order valence-corrected chi connectivity index (χ2v) is 21.6. The molecule has 6 aliphatic rings. The Bertz CT molecular complexity index is 2620. The third kappa shape index (κ3) is 2.81. The summed E-state index contributed by atoms with van der Waals surface area (Å²) in [6.07, 6.45) is -0.274. The molecule has 0 unspecified atom stereocenters. The normalized spacial score (nSPS) is 20.5. The molecule has 7 heterocycles. The van der Waals surface area contributed by atoms with E-state index in [1.807, 2.05) is 0 Å². The number of fused-ring (bicyclic) bond motifs is 9. The van der Waals surface area contributed by atoms with E-state index in [9.17, 15) is 0 Å². The topological polar surface area (TPSA) is 17.3 Å². The summed E-state index contributed by atoms with van der Waals surface area (Å²) in [6, 6.07) is 53.2. The molecule has 4 saturated heterocycles. The Morgan fingerprint density at radius 1 is 0.667 bits per heavy atom. The van der Waals surface area contributed by atoms with Crippen LogP contribution in [0.5, 0.6) is 0 Å². The van der Waals surface area contributed by atoms with Crippen LogP contribution in [0.2, 0.25) is 0 Å². The van der Waals surface area contributed by atoms with E-state index in [1.54, 1.807) is 5.30 Å². The molecular weight excluding hydrogens is 610 g/mol. The number of para-hydroxylation sites is 1. The molecule has 0 atom stereocenters. The number of aromatic nitrogens is 1. The van der Waals surface area contributed by atoms with Gasteiger partial charge in [0.05, 0.1) is 0 Å². The van der Waals surface area contributed by atoms with E-state index in [4.69, 9.17) is 4.52 Å². The minimum absolute atomic E-state index is 0.131. The Hall–Kier alpha value is -3.90. The molecule has 0 aliphatic carbocycles. The van der Waals surface area contributed by atoms with Gasteiger partial charge in [-0.1, -0.05) is 0 Å². The molecule has 1 aromatic heterocycles. The van der Waals surface area contributed by atoms with Crippen LogP contribution in [-0.4, -0.2) is 50.8 Å². The van der Waals surface area contributed by atoms with E-state index in [0.29, 0.717) is 6.21 Å². The van der Waals surface area contributed by atoms with Crippen molar-refractivity contribution < 1.29 is 0 Å². The second-order valence-electron chi connectivity index (χ2n) is 14.7. The first-order chi connectivity index (χ1) is 23.7. The first kappa shape index (κ1) is 26.0. The van der Waals surface area contributed by atoms with Gasteiger partial charge in [0, 0.05) is 0 Å². The van der Waals surface area contributed by atoms with Crippen molar-refractivity contribution in [1.29, 1.82) is 0 Å². The van der Waals surface area contributed by atoms with E-state index in [-0.39, 0.29) is 14.2 Å². The van der Waals surface area contributed by atoms with Gasteiger partial charge in [-0.15, -0.1) is 0 Å². The SMILES string of the molecule is [B]1B2[B-]P12(N=[P+]1B2[B-]B21)c1ccc2c3ccccc3n3c2c1B1c2ccccc2C(c2ccccc2)(c2ccccc2)c2cccc-3c21. The summed E-state index contributed by atoms with van der Waals surface area (Å²) in [4.78, 5) is 0. The summed E-state index contributed by atoms with van der Waals surface area (Å²) in [6.45, 7) is 5.50. The summed E-state index contributed by atoms with van der Waals surface area (Å²) >= 11 is 0. The number of nitrogens with zero attached hydrogens (tertiary/aromatic N) is 2. The third-order valence-electron chi connectivity index (χ3n) is 12.6. The average Bonchev–Trinajstić information content (AvgIpc) is 4.07. The van der Waals surface area contributed by atoms with Crippen molar-refractivity contribution in [1.82, 2.24) is 4.57 Å². The Morgan fingerprint density at radius 3 is 2.04 bits per heavy atom. The van der Waals surface area contributed by atoms with Gasteiger partial charge in [0.2, 0.25) is 0 Å². The van der Waals surface area contributed by atoms with Gasteiger partial charge in [-0.2, -0.15) is 0 Å². The van der Waals surface area contributed by atoms with Crippen LogP contribution < -0.4 is 21.7 Å². The standard InChI is InChI=1S/C37H23B7N2P2/c1-3-12-24(13-4-1)37(25-14-5-2-6-15-25)28-17-8-9-19-30(28)41-34-29(37)18-11-21-32(34)46-31-20-10-7-16-26(31)27-22-23-33(35(41)36(27)46)48(39-42(48)40-48)45-47-43-38-44(43)47/h1-23H/q-1. The first-order valence-electron chi connectivity index (χ1n) is 17.2. The van der Waals surface area contributed by atoms with E-state index in [2.05, 4.69) is 165 Å². The fourth-order valence-electron chi connectivity index (χ4n) is 10.1. The van der Waals surface area contributed by atoms with Crippen molar-refractivity contribution in [3.8, 4) is 5.69 Å². The van der Waals surface area contributed by atoms with E-state index in [1.165, 1.54) is 66.1 Å². The summed E-state index contributed by atoms with van der Waals surface area (Å²) in [5, 5.41) is 4.26. The molecular formula is C37H23B7N2P2-. The molecule has 213 valence electrons. The summed E-state index contributed by atoms with van der Waals surface area (Å²) in [5.74, 6) is 0. The van der Waals surface area contributed by atoms with Crippen LogP contribution in [0.3, 0.4) is 0 Å². The molecule has 6 aliphatic heterocycles. The maximum atomic E-state index is 5.95.